The number of hydrogen-bond donors (Lipinski definition) is 1. The first kappa shape index (κ1) is 11.6. The van der Waals surface area contributed by atoms with E-state index in [9.17, 15) is 4.79 Å². The SMILES string of the molecule is CN1CCCC1C(=O)Nc1cccc(C#N)c1. The largest absolute Gasteiger partial charge is 0.325 e. The second-order valence-electron chi connectivity index (χ2n) is 4.32. The van der Waals surface area contributed by atoms with E-state index in [0.29, 0.717) is 11.3 Å². The molecule has 1 saturated heterocycles. The van der Waals surface area contributed by atoms with E-state index in [1.54, 1.807) is 24.3 Å². The molecule has 1 aliphatic heterocycles. The molecule has 0 aromatic heterocycles. The number of hydrogen-bond acceptors (Lipinski definition) is 3. The molecule has 88 valence electrons. The number of carbonyl (C=O) groups excluding carboxylic acids is 1. The van der Waals surface area contributed by atoms with Crippen molar-refractivity contribution in [2.45, 2.75) is 18.9 Å². The van der Waals surface area contributed by atoms with E-state index in [1.807, 2.05) is 7.05 Å². The quantitative estimate of drug-likeness (QED) is 0.837. The van der Waals surface area contributed by atoms with Gasteiger partial charge in [0.2, 0.25) is 5.91 Å². The molecule has 1 fully saturated rings. The van der Waals surface area contributed by atoms with Gasteiger partial charge in [-0.15, -0.1) is 0 Å². The Bertz CT molecular complexity index is 464. The van der Waals surface area contributed by atoms with Crippen LogP contribution in [0, 0.1) is 11.3 Å². The summed E-state index contributed by atoms with van der Waals surface area (Å²) in [6, 6.07) is 8.99. The topological polar surface area (TPSA) is 56.1 Å². The van der Waals surface area contributed by atoms with Crippen LogP contribution < -0.4 is 5.32 Å². The lowest BCUT2D eigenvalue weighted by Gasteiger charge is -2.18. The third-order valence-corrected chi connectivity index (χ3v) is 3.08. The van der Waals surface area contributed by atoms with Gasteiger partial charge < -0.3 is 5.32 Å². The van der Waals surface area contributed by atoms with Crippen molar-refractivity contribution in [2.24, 2.45) is 0 Å². The molecule has 1 amide bonds. The van der Waals surface area contributed by atoms with Gasteiger partial charge in [0, 0.05) is 5.69 Å². The zero-order chi connectivity index (χ0) is 12.3. The fourth-order valence-electron chi connectivity index (χ4n) is 2.13. The standard InChI is InChI=1S/C13H15N3O/c1-16-7-3-6-12(16)13(17)15-11-5-2-4-10(8-11)9-14/h2,4-5,8,12H,3,6-7H2,1H3,(H,15,17). The summed E-state index contributed by atoms with van der Waals surface area (Å²) >= 11 is 0. The van der Waals surface area contributed by atoms with Crippen LogP contribution in [0.15, 0.2) is 24.3 Å². The number of anilines is 1. The predicted molar refractivity (Wildman–Crippen MR) is 65.4 cm³/mol. The lowest BCUT2D eigenvalue weighted by Crippen LogP contribution is -2.37. The minimum atomic E-state index is -0.0410. The number of likely N-dealkylation sites (N-methyl/N-ethyl adjacent to an activating group) is 1. The summed E-state index contributed by atoms with van der Waals surface area (Å²) in [4.78, 5) is 14.0. The molecule has 0 spiro atoms. The Labute approximate surface area is 101 Å². The number of nitriles is 1. The number of benzene rings is 1. The zero-order valence-corrected chi connectivity index (χ0v) is 9.81. The lowest BCUT2D eigenvalue weighted by molar-refractivity contribution is -0.119. The molecule has 1 aliphatic rings. The Kier molecular flexibility index (Phi) is 3.40. The lowest BCUT2D eigenvalue weighted by atomic mass is 10.2. The van der Waals surface area contributed by atoms with Gasteiger partial charge in [-0.05, 0) is 44.6 Å². The zero-order valence-electron chi connectivity index (χ0n) is 9.81. The van der Waals surface area contributed by atoms with E-state index in [2.05, 4.69) is 16.3 Å². The molecule has 0 radical (unpaired) electrons. The fourth-order valence-corrected chi connectivity index (χ4v) is 2.13. The van der Waals surface area contributed by atoms with Gasteiger partial charge in [-0.1, -0.05) is 6.07 Å². The molecule has 0 bridgehead atoms. The van der Waals surface area contributed by atoms with Crippen LogP contribution in [-0.4, -0.2) is 30.4 Å². The van der Waals surface area contributed by atoms with E-state index in [0.717, 1.165) is 19.4 Å². The third-order valence-electron chi connectivity index (χ3n) is 3.08. The Morgan fingerprint density at radius 3 is 3.06 bits per heavy atom. The van der Waals surface area contributed by atoms with Crippen molar-refractivity contribution >= 4 is 11.6 Å². The summed E-state index contributed by atoms with van der Waals surface area (Å²) in [5, 5.41) is 11.6. The first-order valence-electron chi connectivity index (χ1n) is 5.72. The van der Waals surface area contributed by atoms with E-state index < -0.39 is 0 Å². The second kappa shape index (κ2) is 4.98. The molecule has 1 aromatic carbocycles. The number of rotatable bonds is 2. The number of amides is 1. The Hall–Kier alpha value is -1.86. The van der Waals surface area contributed by atoms with Gasteiger partial charge in [0.1, 0.15) is 0 Å². The van der Waals surface area contributed by atoms with Crippen molar-refractivity contribution in [1.29, 1.82) is 5.26 Å². The molecule has 0 aliphatic carbocycles. The molecule has 1 N–H and O–H groups in total. The summed E-state index contributed by atoms with van der Waals surface area (Å²) in [6.45, 7) is 0.969. The van der Waals surface area contributed by atoms with Gasteiger partial charge in [-0.3, -0.25) is 9.69 Å². The monoisotopic (exact) mass is 229 g/mol. The summed E-state index contributed by atoms with van der Waals surface area (Å²) < 4.78 is 0. The van der Waals surface area contributed by atoms with Crippen molar-refractivity contribution in [3.63, 3.8) is 0 Å². The van der Waals surface area contributed by atoms with Crippen molar-refractivity contribution < 1.29 is 4.79 Å². The highest BCUT2D eigenvalue weighted by Crippen LogP contribution is 2.17. The van der Waals surface area contributed by atoms with E-state index in [1.165, 1.54) is 0 Å². The Morgan fingerprint density at radius 1 is 1.59 bits per heavy atom. The minimum Gasteiger partial charge on any atom is -0.325 e. The number of nitrogens with one attached hydrogen (secondary N) is 1. The highest BCUT2D eigenvalue weighted by Gasteiger charge is 2.27. The molecule has 1 heterocycles. The van der Waals surface area contributed by atoms with Crippen LogP contribution in [0.4, 0.5) is 5.69 Å². The van der Waals surface area contributed by atoms with Crippen LogP contribution in [0.3, 0.4) is 0 Å². The molecular formula is C13H15N3O. The van der Waals surface area contributed by atoms with Crippen molar-refractivity contribution in [2.75, 3.05) is 18.9 Å². The van der Waals surface area contributed by atoms with Crippen LogP contribution in [0.25, 0.3) is 0 Å². The Morgan fingerprint density at radius 2 is 2.41 bits per heavy atom. The number of nitrogens with zero attached hydrogens (tertiary/aromatic N) is 2. The van der Waals surface area contributed by atoms with Gasteiger partial charge in [0.05, 0.1) is 17.7 Å². The van der Waals surface area contributed by atoms with Gasteiger partial charge in [0.25, 0.3) is 0 Å². The number of likely N-dealkylation sites (tertiary alicyclic amines) is 1. The Balaban J connectivity index is 2.05. The molecule has 1 unspecified atom stereocenters. The maximum Gasteiger partial charge on any atom is 0.241 e. The van der Waals surface area contributed by atoms with Crippen molar-refractivity contribution in [1.82, 2.24) is 4.90 Å². The van der Waals surface area contributed by atoms with E-state index >= 15 is 0 Å². The van der Waals surface area contributed by atoms with Gasteiger partial charge in [-0.25, -0.2) is 0 Å². The van der Waals surface area contributed by atoms with Gasteiger partial charge in [0.15, 0.2) is 0 Å². The van der Waals surface area contributed by atoms with Crippen LogP contribution in [-0.2, 0) is 4.79 Å². The normalized spacial score (nSPS) is 19.9. The summed E-state index contributed by atoms with van der Waals surface area (Å²) in [7, 11) is 1.96. The highest BCUT2D eigenvalue weighted by molar-refractivity contribution is 5.95. The van der Waals surface area contributed by atoms with E-state index in [-0.39, 0.29) is 11.9 Å². The predicted octanol–water partition coefficient (Wildman–Crippen LogP) is 1.59. The highest BCUT2D eigenvalue weighted by atomic mass is 16.2. The molecule has 17 heavy (non-hydrogen) atoms. The van der Waals surface area contributed by atoms with Crippen molar-refractivity contribution in [3.8, 4) is 6.07 Å². The van der Waals surface area contributed by atoms with Crippen LogP contribution in [0.1, 0.15) is 18.4 Å². The second-order valence-corrected chi connectivity index (χ2v) is 4.32. The first-order valence-corrected chi connectivity index (χ1v) is 5.72. The van der Waals surface area contributed by atoms with E-state index in [4.69, 9.17) is 5.26 Å². The molecular weight excluding hydrogens is 214 g/mol. The molecule has 1 atom stereocenters. The molecule has 2 rings (SSSR count). The average Bonchev–Trinajstić information content (AvgIpc) is 2.76. The smallest absolute Gasteiger partial charge is 0.241 e. The molecule has 1 aromatic rings. The van der Waals surface area contributed by atoms with Crippen LogP contribution in [0.5, 0.6) is 0 Å². The molecule has 4 heteroatoms. The number of carbonyl (C=O) groups is 1. The minimum absolute atomic E-state index is 0.0140. The summed E-state index contributed by atoms with van der Waals surface area (Å²) in [6.07, 6.45) is 1.97. The first-order chi connectivity index (χ1) is 8.20. The fraction of sp³-hybridized carbons (Fsp3) is 0.385. The van der Waals surface area contributed by atoms with Crippen LogP contribution in [0.2, 0.25) is 0 Å². The summed E-state index contributed by atoms with van der Waals surface area (Å²) in [5.74, 6) is 0.0140. The molecule has 0 saturated carbocycles. The maximum absolute atomic E-state index is 12.0. The third kappa shape index (κ3) is 2.63. The maximum atomic E-state index is 12.0. The average molecular weight is 229 g/mol. The summed E-state index contributed by atoms with van der Waals surface area (Å²) in [5.41, 5.74) is 1.25. The van der Waals surface area contributed by atoms with Crippen LogP contribution >= 0.6 is 0 Å². The van der Waals surface area contributed by atoms with Gasteiger partial charge in [-0.2, -0.15) is 5.26 Å². The molecule has 4 nitrogen and oxygen atoms in total. The van der Waals surface area contributed by atoms with Gasteiger partial charge >= 0.3 is 0 Å². The van der Waals surface area contributed by atoms with Crippen molar-refractivity contribution in [3.05, 3.63) is 29.8 Å².